The van der Waals surface area contributed by atoms with Crippen molar-refractivity contribution in [1.29, 1.82) is 0 Å². The fourth-order valence-electron chi connectivity index (χ4n) is 2.76. The summed E-state index contributed by atoms with van der Waals surface area (Å²) in [6, 6.07) is 8.47. The van der Waals surface area contributed by atoms with E-state index in [0.717, 1.165) is 45.1 Å². The van der Waals surface area contributed by atoms with Crippen molar-refractivity contribution < 1.29 is 4.79 Å². The summed E-state index contributed by atoms with van der Waals surface area (Å²) in [5, 5.41) is 3.36. The highest BCUT2D eigenvalue weighted by Gasteiger charge is 2.19. The van der Waals surface area contributed by atoms with Crippen molar-refractivity contribution in [2.24, 2.45) is 4.99 Å². The summed E-state index contributed by atoms with van der Waals surface area (Å²) in [6.45, 7) is 4.29. The zero-order valence-corrected chi connectivity index (χ0v) is 12.5. The third-order valence-corrected chi connectivity index (χ3v) is 4.08. The van der Waals surface area contributed by atoms with Crippen molar-refractivity contribution in [2.75, 3.05) is 26.7 Å². The number of carbonyl (C=O) groups is 1. The van der Waals surface area contributed by atoms with Gasteiger partial charge in [0.25, 0.3) is 0 Å². The minimum absolute atomic E-state index is 0.281. The number of nitrogens with zero attached hydrogens (tertiary/aromatic N) is 3. The third-order valence-electron chi connectivity index (χ3n) is 4.08. The van der Waals surface area contributed by atoms with Gasteiger partial charge in [-0.05, 0) is 17.5 Å². The summed E-state index contributed by atoms with van der Waals surface area (Å²) < 4.78 is 0. The number of likely N-dealkylation sites (tertiary alicyclic amines) is 1. The van der Waals surface area contributed by atoms with Crippen molar-refractivity contribution >= 4 is 11.9 Å². The standard InChI is InChI=1S/C16H22N4O/c1-19-10-8-17-16(19)18-11-13-4-6-14(7-5-13)12-20-9-2-3-15(20)21/h4-7H,2-3,8-12H2,1H3,(H,17,18). The Morgan fingerprint density at radius 3 is 2.57 bits per heavy atom. The molecule has 112 valence electrons. The van der Waals surface area contributed by atoms with Crippen LogP contribution in [0.4, 0.5) is 0 Å². The van der Waals surface area contributed by atoms with Gasteiger partial charge in [0, 0.05) is 39.6 Å². The molecule has 3 rings (SSSR count). The van der Waals surface area contributed by atoms with Gasteiger partial charge in [0.15, 0.2) is 5.96 Å². The van der Waals surface area contributed by atoms with Crippen molar-refractivity contribution in [1.82, 2.24) is 15.1 Å². The molecule has 5 heteroatoms. The Hall–Kier alpha value is -2.04. The molecule has 1 saturated heterocycles. The number of guanidine groups is 1. The van der Waals surface area contributed by atoms with Crippen molar-refractivity contribution in [3.05, 3.63) is 35.4 Å². The first-order chi connectivity index (χ1) is 10.2. The van der Waals surface area contributed by atoms with Gasteiger partial charge in [-0.15, -0.1) is 0 Å². The van der Waals surface area contributed by atoms with Gasteiger partial charge < -0.3 is 15.1 Å². The normalized spacial score (nSPS) is 18.3. The smallest absolute Gasteiger partial charge is 0.222 e. The van der Waals surface area contributed by atoms with Gasteiger partial charge in [0.2, 0.25) is 5.91 Å². The molecule has 0 bridgehead atoms. The van der Waals surface area contributed by atoms with Gasteiger partial charge in [0.05, 0.1) is 6.54 Å². The van der Waals surface area contributed by atoms with Gasteiger partial charge in [-0.2, -0.15) is 0 Å². The van der Waals surface area contributed by atoms with Gasteiger partial charge in [-0.1, -0.05) is 24.3 Å². The maximum atomic E-state index is 11.6. The van der Waals surface area contributed by atoms with Crippen LogP contribution in [-0.4, -0.2) is 48.3 Å². The molecule has 2 heterocycles. The minimum atomic E-state index is 0.281. The van der Waals surface area contributed by atoms with Gasteiger partial charge in [0.1, 0.15) is 0 Å². The molecule has 0 saturated carbocycles. The monoisotopic (exact) mass is 286 g/mol. The highest BCUT2D eigenvalue weighted by Crippen LogP contribution is 2.14. The number of nitrogens with one attached hydrogen (secondary N) is 1. The summed E-state index contributed by atoms with van der Waals surface area (Å²) in [5.74, 6) is 1.25. The molecule has 0 aliphatic carbocycles. The van der Waals surface area contributed by atoms with E-state index in [9.17, 15) is 4.79 Å². The first-order valence-electron chi connectivity index (χ1n) is 7.57. The van der Waals surface area contributed by atoms with Gasteiger partial charge in [-0.25, -0.2) is 0 Å². The first-order valence-corrected chi connectivity index (χ1v) is 7.57. The maximum Gasteiger partial charge on any atom is 0.222 e. The number of hydrogen-bond acceptors (Lipinski definition) is 4. The van der Waals surface area contributed by atoms with Crippen LogP contribution in [-0.2, 0) is 17.9 Å². The summed E-state index contributed by atoms with van der Waals surface area (Å²) in [4.78, 5) is 20.1. The van der Waals surface area contributed by atoms with E-state index in [1.807, 2.05) is 4.90 Å². The molecule has 0 unspecified atom stereocenters. The average molecular weight is 286 g/mol. The quantitative estimate of drug-likeness (QED) is 0.905. The topological polar surface area (TPSA) is 47.9 Å². The van der Waals surface area contributed by atoms with Gasteiger partial charge >= 0.3 is 0 Å². The zero-order chi connectivity index (χ0) is 14.7. The van der Waals surface area contributed by atoms with Crippen LogP contribution in [0.25, 0.3) is 0 Å². The van der Waals surface area contributed by atoms with E-state index in [-0.39, 0.29) is 5.91 Å². The SMILES string of the molecule is CN1CCN=C1NCc1ccc(CN2CCCC2=O)cc1. The number of likely N-dealkylation sites (N-methyl/N-ethyl adjacent to an activating group) is 1. The molecule has 1 aromatic rings. The Labute approximate surface area is 125 Å². The highest BCUT2D eigenvalue weighted by atomic mass is 16.2. The van der Waals surface area contributed by atoms with E-state index in [1.165, 1.54) is 11.1 Å². The van der Waals surface area contributed by atoms with Gasteiger partial charge in [-0.3, -0.25) is 9.79 Å². The van der Waals surface area contributed by atoms with Crippen LogP contribution in [0.3, 0.4) is 0 Å². The average Bonchev–Trinajstić information content (AvgIpc) is 3.08. The second-order valence-electron chi connectivity index (χ2n) is 5.72. The van der Waals surface area contributed by atoms with E-state index >= 15 is 0 Å². The van der Waals surface area contributed by atoms with E-state index < -0.39 is 0 Å². The second kappa shape index (κ2) is 6.16. The third kappa shape index (κ3) is 3.35. The molecule has 1 N–H and O–H groups in total. The number of rotatable bonds is 4. The lowest BCUT2D eigenvalue weighted by molar-refractivity contribution is -0.128. The molecular formula is C16H22N4O. The largest absolute Gasteiger partial charge is 0.352 e. The van der Waals surface area contributed by atoms with E-state index in [4.69, 9.17) is 0 Å². The number of benzene rings is 1. The zero-order valence-electron chi connectivity index (χ0n) is 12.5. The Balaban J connectivity index is 1.53. The molecule has 0 spiro atoms. The van der Waals surface area contributed by atoms with Crippen molar-refractivity contribution in [2.45, 2.75) is 25.9 Å². The van der Waals surface area contributed by atoms with Crippen LogP contribution >= 0.6 is 0 Å². The summed E-state index contributed by atoms with van der Waals surface area (Å²) in [7, 11) is 2.05. The number of amides is 1. The fraction of sp³-hybridized carbons (Fsp3) is 0.500. The molecule has 21 heavy (non-hydrogen) atoms. The maximum absolute atomic E-state index is 11.6. The molecule has 2 aliphatic heterocycles. The lowest BCUT2D eigenvalue weighted by atomic mass is 10.1. The van der Waals surface area contributed by atoms with E-state index in [2.05, 4.69) is 46.5 Å². The molecule has 1 amide bonds. The Bertz CT molecular complexity index is 538. The Kier molecular flexibility index (Phi) is 4.08. The predicted molar refractivity (Wildman–Crippen MR) is 82.9 cm³/mol. The second-order valence-corrected chi connectivity index (χ2v) is 5.72. The minimum Gasteiger partial charge on any atom is -0.352 e. The van der Waals surface area contributed by atoms with Crippen LogP contribution in [0.1, 0.15) is 24.0 Å². The van der Waals surface area contributed by atoms with Crippen molar-refractivity contribution in [3.8, 4) is 0 Å². The van der Waals surface area contributed by atoms with Crippen LogP contribution in [0, 0.1) is 0 Å². The summed E-state index contributed by atoms with van der Waals surface area (Å²) >= 11 is 0. The molecule has 0 atom stereocenters. The fourth-order valence-corrected chi connectivity index (χ4v) is 2.76. The lowest BCUT2D eigenvalue weighted by Gasteiger charge is -2.17. The lowest BCUT2D eigenvalue weighted by Crippen LogP contribution is -2.35. The molecule has 2 aliphatic rings. The molecule has 1 fully saturated rings. The van der Waals surface area contributed by atoms with Crippen LogP contribution in [0.2, 0.25) is 0 Å². The Morgan fingerprint density at radius 1 is 1.19 bits per heavy atom. The number of carbonyl (C=O) groups excluding carboxylic acids is 1. The molecular weight excluding hydrogens is 264 g/mol. The Morgan fingerprint density at radius 2 is 1.95 bits per heavy atom. The summed E-state index contributed by atoms with van der Waals surface area (Å²) in [6.07, 6.45) is 1.70. The van der Waals surface area contributed by atoms with Crippen molar-refractivity contribution in [3.63, 3.8) is 0 Å². The molecule has 1 aromatic carbocycles. The molecule has 5 nitrogen and oxygen atoms in total. The summed E-state index contributed by atoms with van der Waals surface area (Å²) in [5.41, 5.74) is 2.43. The van der Waals surface area contributed by atoms with E-state index in [0.29, 0.717) is 6.42 Å². The number of hydrogen-bond donors (Lipinski definition) is 1. The predicted octanol–water partition coefficient (Wildman–Crippen LogP) is 1.20. The van der Waals surface area contributed by atoms with Crippen LogP contribution in [0.15, 0.2) is 29.3 Å². The molecule has 0 aromatic heterocycles. The van der Waals surface area contributed by atoms with E-state index in [1.54, 1.807) is 0 Å². The molecule has 0 radical (unpaired) electrons. The first kappa shape index (κ1) is 13.9. The van der Waals surface area contributed by atoms with Crippen LogP contribution < -0.4 is 5.32 Å². The number of aliphatic imine (C=N–C) groups is 1. The highest BCUT2D eigenvalue weighted by molar-refractivity contribution is 5.81. The van der Waals surface area contributed by atoms with Crippen LogP contribution in [0.5, 0.6) is 0 Å².